The molecule has 0 aliphatic carbocycles. The third kappa shape index (κ3) is 2.79. The Morgan fingerprint density at radius 3 is 2.59 bits per heavy atom. The predicted octanol–water partition coefficient (Wildman–Crippen LogP) is -0.0928. The lowest BCUT2D eigenvalue weighted by atomic mass is 10.3. The van der Waals surface area contributed by atoms with Crippen molar-refractivity contribution in [2.75, 3.05) is 42.3 Å². The van der Waals surface area contributed by atoms with Gasteiger partial charge in [0.25, 0.3) is 0 Å². The molecular weight excluding hydrogens is 242 g/mol. The molecule has 2 N–H and O–H groups in total. The molecule has 0 saturated carbocycles. The average molecular weight is 257 g/mol. The Morgan fingerprint density at radius 1 is 1.35 bits per heavy atom. The second-order valence-electron chi connectivity index (χ2n) is 3.94. The normalized spacial score (nSPS) is 19.0. The standard InChI is InChI=1S/C10H15N3O3S/c1-16-10-7-8(11)6-9(12-10)13-2-4-17(14,15)5-3-13/h6-7H,2-5H2,1H3,(H2,11,12). The molecule has 0 bridgehead atoms. The Morgan fingerprint density at radius 2 is 2.00 bits per heavy atom. The van der Waals surface area contributed by atoms with Gasteiger partial charge in [0, 0.05) is 30.9 Å². The Labute approximate surface area is 100 Å². The number of hydrogen-bond donors (Lipinski definition) is 1. The van der Waals surface area contributed by atoms with Gasteiger partial charge in [-0.1, -0.05) is 0 Å². The SMILES string of the molecule is COc1cc(N)cc(N2CCS(=O)(=O)CC2)n1. The predicted molar refractivity (Wildman–Crippen MR) is 66.1 cm³/mol. The summed E-state index contributed by atoms with van der Waals surface area (Å²) in [6, 6.07) is 3.35. The minimum absolute atomic E-state index is 0.159. The van der Waals surface area contributed by atoms with Crippen LogP contribution in [0.4, 0.5) is 11.5 Å². The summed E-state index contributed by atoms with van der Waals surface area (Å²) in [6.07, 6.45) is 0. The van der Waals surface area contributed by atoms with Crippen LogP contribution in [-0.2, 0) is 9.84 Å². The lowest BCUT2D eigenvalue weighted by Gasteiger charge is -2.28. The van der Waals surface area contributed by atoms with E-state index < -0.39 is 9.84 Å². The Bertz CT molecular complexity index is 502. The quantitative estimate of drug-likeness (QED) is 0.796. The molecule has 6 nitrogen and oxygen atoms in total. The summed E-state index contributed by atoms with van der Waals surface area (Å²) in [5.41, 5.74) is 6.29. The van der Waals surface area contributed by atoms with Crippen LogP contribution >= 0.6 is 0 Å². The minimum atomic E-state index is -2.88. The Hall–Kier alpha value is -1.50. The first kappa shape index (κ1) is 12.0. The third-order valence-electron chi connectivity index (χ3n) is 2.69. The maximum Gasteiger partial charge on any atom is 0.216 e. The van der Waals surface area contributed by atoms with Crippen LogP contribution in [0.5, 0.6) is 5.88 Å². The number of anilines is 2. The summed E-state index contributed by atoms with van der Waals surface area (Å²) < 4.78 is 27.7. The van der Waals surface area contributed by atoms with Gasteiger partial charge in [-0.2, -0.15) is 4.98 Å². The molecule has 0 aromatic carbocycles. The second kappa shape index (κ2) is 4.40. The van der Waals surface area contributed by atoms with Gasteiger partial charge in [0.05, 0.1) is 18.6 Å². The molecule has 0 atom stereocenters. The molecule has 2 heterocycles. The lowest BCUT2D eigenvalue weighted by Crippen LogP contribution is -2.40. The molecule has 1 fully saturated rings. The fraction of sp³-hybridized carbons (Fsp3) is 0.500. The topological polar surface area (TPSA) is 85.5 Å². The largest absolute Gasteiger partial charge is 0.481 e. The highest BCUT2D eigenvalue weighted by Gasteiger charge is 2.22. The fourth-order valence-electron chi connectivity index (χ4n) is 1.72. The molecule has 1 aliphatic rings. The lowest BCUT2D eigenvalue weighted by molar-refractivity contribution is 0.398. The molecule has 7 heteroatoms. The van der Waals surface area contributed by atoms with E-state index in [4.69, 9.17) is 10.5 Å². The van der Waals surface area contributed by atoms with Gasteiger partial charge in [-0.3, -0.25) is 0 Å². The molecule has 1 aliphatic heterocycles. The van der Waals surface area contributed by atoms with Gasteiger partial charge in [-0.25, -0.2) is 8.42 Å². The Kier molecular flexibility index (Phi) is 3.10. The molecule has 1 saturated heterocycles. The number of methoxy groups -OCH3 is 1. The highest BCUT2D eigenvalue weighted by molar-refractivity contribution is 7.91. The van der Waals surface area contributed by atoms with E-state index in [0.717, 1.165) is 0 Å². The third-order valence-corrected chi connectivity index (χ3v) is 4.30. The Balaban J connectivity index is 2.21. The molecule has 0 radical (unpaired) electrons. The van der Waals surface area contributed by atoms with Gasteiger partial charge in [0.2, 0.25) is 5.88 Å². The van der Waals surface area contributed by atoms with Crippen LogP contribution in [0.25, 0.3) is 0 Å². The summed E-state index contributed by atoms with van der Waals surface area (Å²) in [7, 11) is -1.36. The molecule has 2 rings (SSSR count). The molecule has 1 aromatic rings. The number of ether oxygens (including phenoxy) is 1. The van der Waals surface area contributed by atoms with E-state index in [1.165, 1.54) is 7.11 Å². The highest BCUT2D eigenvalue weighted by Crippen LogP contribution is 2.22. The van der Waals surface area contributed by atoms with E-state index in [2.05, 4.69) is 4.98 Å². The van der Waals surface area contributed by atoms with Gasteiger partial charge in [0.1, 0.15) is 5.82 Å². The van der Waals surface area contributed by atoms with E-state index in [1.807, 2.05) is 4.90 Å². The van der Waals surface area contributed by atoms with Crippen LogP contribution in [0.1, 0.15) is 0 Å². The highest BCUT2D eigenvalue weighted by atomic mass is 32.2. The van der Waals surface area contributed by atoms with E-state index in [-0.39, 0.29) is 11.5 Å². The van der Waals surface area contributed by atoms with E-state index in [1.54, 1.807) is 12.1 Å². The molecule has 94 valence electrons. The zero-order valence-electron chi connectivity index (χ0n) is 9.59. The minimum Gasteiger partial charge on any atom is -0.481 e. The van der Waals surface area contributed by atoms with Crippen molar-refractivity contribution in [1.29, 1.82) is 0 Å². The van der Waals surface area contributed by atoms with Crippen molar-refractivity contribution in [1.82, 2.24) is 4.98 Å². The summed E-state index contributed by atoms with van der Waals surface area (Å²) in [5.74, 6) is 1.42. The monoisotopic (exact) mass is 257 g/mol. The second-order valence-corrected chi connectivity index (χ2v) is 6.24. The van der Waals surface area contributed by atoms with E-state index in [9.17, 15) is 8.42 Å². The van der Waals surface area contributed by atoms with Crippen LogP contribution in [-0.4, -0.2) is 45.1 Å². The summed E-state index contributed by atoms with van der Waals surface area (Å²) in [4.78, 5) is 6.16. The molecule has 0 amide bonds. The maximum absolute atomic E-state index is 11.3. The first-order valence-electron chi connectivity index (χ1n) is 5.27. The first-order valence-corrected chi connectivity index (χ1v) is 7.09. The van der Waals surface area contributed by atoms with Crippen molar-refractivity contribution in [3.8, 4) is 5.88 Å². The maximum atomic E-state index is 11.3. The zero-order valence-corrected chi connectivity index (χ0v) is 10.4. The zero-order chi connectivity index (χ0) is 12.5. The van der Waals surface area contributed by atoms with Gasteiger partial charge in [0.15, 0.2) is 9.84 Å². The van der Waals surface area contributed by atoms with Crippen LogP contribution < -0.4 is 15.4 Å². The number of aromatic nitrogens is 1. The molecule has 0 unspecified atom stereocenters. The van der Waals surface area contributed by atoms with Crippen LogP contribution in [0.15, 0.2) is 12.1 Å². The fourth-order valence-corrected chi connectivity index (χ4v) is 2.92. The molecule has 1 aromatic heterocycles. The van der Waals surface area contributed by atoms with E-state index >= 15 is 0 Å². The summed E-state index contributed by atoms with van der Waals surface area (Å²) in [6.45, 7) is 0.893. The van der Waals surface area contributed by atoms with Gasteiger partial charge < -0.3 is 15.4 Å². The van der Waals surface area contributed by atoms with E-state index in [0.29, 0.717) is 30.5 Å². The van der Waals surface area contributed by atoms with Crippen molar-refractivity contribution in [3.05, 3.63) is 12.1 Å². The molecule has 0 spiro atoms. The van der Waals surface area contributed by atoms with Crippen LogP contribution in [0.3, 0.4) is 0 Å². The van der Waals surface area contributed by atoms with Crippen LogP contribution in [0, 0.1) is 0 Å². The van der Waals surface area contributed by atoms with Gasteiger partial charge >= 0.3 is 0 Å². The van der Waals surface area contributed by atoms with Crippen molar-refractivity contribution in [2.24, 2.45) is 0 Å². The first-order chi connectivity index (χ1) is 8.00. The molecule has 17 heavy (non-hydrogen) atoms. The van der Waals surface area contributed by atoms with Crippen molar-refractivity contribution >= 4 is 21.3 Å². The smallest absolute Gasteiger partial charge is 0.216 e. The number of rotatable bonds is 2. The van der Waals surface area contributed by atoms with Crippen molar-refractivity contribution in [3.63, 3.8) is 0 Å². The number of pyridine rings is 1. The summed E-state index contributed by atoms with van der Waals surface area (Å²) >= 11 is 0. The number of sulfone groups is 1. The van der Waals surface area contributed by atoms with Gasteiger partial charge in [-0.05, 0) is 0 Å². The van der Waals surface area contributed by atoms with Gasteiger partial charge in [-0.15, -0.1) is 0 Å². The number of nitrogens with zero attached hydrogens (tertiary/aromatic N) is 2. The average Bonchev–Trinajstić information content (AvgIpc) is 2.28. The van der Waals surface area contributed by atoms with Crippen molar-refractivity contribution < 1.29 is 13.2 Å². The number of nitrogen functional groups attached to an aromatic ring is 1. The van der Waals surface area contributed by atoms with Crippen LogP contribution in [0.2, 0.25) is 0 Å². The molecular formula is C10H15N3O3S. The number of hydrogen-bond acceptors (Lipinski definition) is 6. The number of nitrogens with two attached hydrogens (primary N) is 1. The summed E-state index contributed by atoms with van der Waals surface area (Å²) in [5, 5.41) is 0. The van der Waals surface area contributed by atoms with Crippen molar-refractivity contribution in [2.45, 2.75) is 0 Å².